The SMILES string of the molecule is CNc1nc(OC)nc(Sc2ccc(Br)cc2)n1. The second kappa shape index (κ2) is 6.01. The number of hydrogen-bond donors (Lipinski definition) is 1. The predicted octanol–water partition coefficient (Wildman–Crippen LogP) is 2.84. The predicted molar refractivity (Wildman–Crippen MR) is 74.2 cm³/mol. The van der Waals surface area contributed by atoms with Crippen LogP contribution in [0.5, 0.6) is 6.01 Å². The van der Waals surface area contributed by atoms with Gasteiger partial charge in [-0.3, -0.25) is 0 Å². The summed E-state index contributed by atoms with van der Waals surface area (Å²) >= 11 is 4.85. The fraction of sp³-hybridized carbons (Fsp3) is 0.182. The molecule has 94 valence electrons. The zero-order valence-corrected chi connectivity index (χ0v) is 12.2. The molecule has 0 fully saturated rings. The summed E-state index contributed by atoms with van der Waals surface area (Å²) in [6.45, 7) is 0. The van der Waals surface area contributed by atoms with Crippen molar-refractivity contribution in [2.75, 3.05) is 19.5 Å². The van der Waals surface area contributed by atoms with Gasteiger partial charge in [-0.05, 0) is 36.0 Å². The van der Waals surface area contributed by atoms with Crippen LogP contribution < -0.4 is 10.1 Å². The lowest BCUT2D eigenvalue weighted by Crippen LogP contribution is -2.02. The number of hydrogen-bond acceptors (Lipinski definition) is 6. The number of nitrogens with zero attached hydrogens (tertiary/aromatic N) is 3. The van der Waals surface area contributed by atoms with Gasteiger partial charge in [-0.15, -0.1) is 0 Å². The Kier molecular flexibility index (Phi) is 4.38. The highest BCUT2D eigenvalue weighted by Crippen LogP contribution is 2.27. The summed E-state index contributed by atoms with van der Waals surface area (Å²) in [5.41, 5.74) is 0. The normalized spacial score (nSPS) is 10.2. The van der Waals surface area contributed by atoms with Crippen LogP contribution in [0.4, 0.5) is 5.95 Å². The van der Waals surface area contributed by atoms with E-state index in [0.29, 0.717) is 17.1 Å². The van der Waals surface area contributed by atoms with Crippen molar-refractivity contribution in [3.63, 3.8) is 0 Å². The Labute approximate surface area is 118 Å². The molecular formula is C11H11BrN4OS. The van der Waals surface area contributed by atoms with E-state index >= 15 is 0 Å². The summed E-state index contributed by atoms with van der Waals surface area (Å²) < 4.78 is 6.07. The molecule has 0 saturated carbocycles. The molecule has 0 aliphatic carbocycles. The highest BCUT2D eigenvalue weighted by Gasteiger charge is 2.07. The van der Waals surface area contributed by atoms with Gasteiger partial charge in [-0.2, -0.15) is 15.0 Å². The third-order valence-electron chi connectivity index (χ3n) is 2.02. The van der Waals surface area contributed by atoms with Crippen molar-refractivity contribution in [3.05, 3.63) is 28.7 Å². The number of aromatic nitrogens is 3. The molecule has 5 nitrogen and oxygen atoms in total. The summed E-state index contributed by atoms with van der Waals surface area (Å²) in [4.78, 5) is 13.5. The molecule has 0 saturated heterocycles. The summed E-state index contributed by atoms with van der Waals surface area (Å²) in [7, 11) is 3.28. The van der Waals surface area contributed by atoms with E-state index in [0.717, 1.165) is 9.37 Å². The lowest BCUT2D eigenvalue weighted by atomic mass is 10.4. The monoisotopic (exact) mass is 326 g/mol. The van der Waals surface area contributed by atoms with Crippen molar-refractivity contribution in [1.82, 2.24) is 15.0 Å². The molecule has 0 spiro atoms. The largest absolute Gasteiger partial charge is 0.467 e. The van der Waals surface area contributed by atoms with Crippen molar-refractivity contribution < 1.29 is 4.74 Å². The second-order valence-electron chi connectivity index (χ2n) is 3.23. The van der Waals surface area contributed by atoms with Gasteiger partial charge in [-0.1, -0.05) is 15.9 Å². The smallest absolute Gasteiger partial charge is 0.321 e. The molecular weight excluding hydrogens is 316 g/mol. The third kappa shape index (κ3) is 3.33. The summed E-state index contributed by atoms with van der Waals surface area (Å²) in [6, 6.07) is 8.22. The Balaban J connectivity index is 2.25. The molecule has 1 aromatic heterocycles. The molecule has 1 heterocycles. The molecule has 0 radical (unpaired) electrons. The van der Waals surface area contributed by atoms with Gasteiger partial charge in [0, 0.05) is 16.4 Å². The Bertz CT molecular complexity index is 513. The van der Waals surface area contributed by atoms with E-state index in [2.05, 4.69) is 36.2 Å². The van der Waals surface area contributed by atoms with Crippen molar-refractivity contribution >= 4 is 33.6 Å². The number of halogens is 1. The molecule has 2 rings (SSSR count). The van der Waals surface area contributed by atoms with E-state index in [-0.39, 0.29) is 0 Å². The molecule has 2 aromatic rings. The molecule has 0 bridgehead atoms. The maximum absolute atomic E-state index is 5.03. The highest BCUT2D eigenvalue weighted by atomic mass is 79.9. The van der Waals surface area contributed by atoms with Crippen LogP contribution in [0.2, 0.25) is 0 Å². The van der Waals surface area contributed by atoms with E-state index in [1.165, 1.54) is 18.9 Å². The molecule has 0 atom stereocenters. The minimum Gasteiger partial charge on any atom is -0.467 e. The van der Waals surface area contributed by atoms with Gasteiger partial charge < -0.3 is 10.1 Å². The first kappa shape index (κ1) is 13.1. The van der Waals surface area contributed by atoms with Gasteiger partial charge in [0.05, 0.1) is 7.11 Å². The second-order valence-corrected chi connectivity index (χ2v) is 5.19. The molecule has 0 aliphatic heterocycles. The van der Waals surface area contributed by atoms with Gasteiger partial charge in [0.1, 0.15) is 0 Å². The average molecular weight is 327 g/mol. The molecule has 1 N–H and O–H groups in total. The molecule has 1 aromatic carbocycles. The summed E-state index contributed by atoms with van der Waals surface area (Å²) in [5, 5.41) is 3.47. The Morgan fingerprint density at radius 3 is 2.50 bits per heavy atom. The fourth-order valence-corrected chi connectivity index (χ4v) is 2.20. The van der Waals surface area contributed by atoms with E-state index in [1.54, 1.807) is 7.05 Å². The third-order valence-corrected chi connectivity index (χ3v) is 3.43. The highest BCUT2D eigenvalue weighted by molar-refractivity contribution is 9.10. The average Bonchev–Trinajstić information content (AvgIpc) is 2.41. The number of rotatable bonds is 4. The first-order valence-electron chi connectivity index (χ1n) is 5.12. The van der Waals surface area contributed by atoms with Crippen LogP contribution in [0, 0.1) is 0 Å². The van der Waals surface area contributed by atoms with Crippen LogP contribution in [-0.4, -0.2) is 29.1 Å². The Hall–Kier alpha value is -1.34. The van der Waals surface area contributed by atoms with Gasteiger partial charge in [0.15, 0.2) is 0 Å². The fourth-order valence-electron chi connectivity index (χ4n) is 1.19. The van der Waals surface area contributed by atoms with Crippen molar-refractivity contribution in [2.24, 2.45) is 0 Å². The molecule has 0 amide bonds. The van der Waals surface area contributed by atoms with Crippen LogP contribution in [-0.2, 0) is 0 Å². The Morgan fingerprint density at radius 1 is 1.17 bits per heavy atom. The topological polar surface area (TPSA) is 59.9 Å². The van der Waals surface area contributed by atoms with Gasteiger partial charge >= 0.3 is 6.01 Å². The minimum atomic E-state index is 0.300. The summed E-state index contributed by atoms with van der Waals surface area (Å²) in [6.07, 6.45) is 0. The molecule has 18 heavy (non-hydrogen) atoms. The van der Waals surface area contributed by atoms with E-state index in [4.69, 9.17) is 4.74 Å². The summed E-state index contributed by atoms with van der Waals surface area (Å²) in [5.74, 6) is 0.487. The first-order valence-corrected chi connectivity index (χ1v) is 6.73. The van der Waals surface area contributed by atoms with Crippen LogP contribution in [0.15, 0.2) is 38.8 Å². The zero-order chi connectivity index (χ0) is 13.0. The number of nitrogens with one attached hydrogen (secondary N) is 1. The van der Waals surface area contributed by atoms with E-state index in [1.807, 2.05) is 24.3 Å². The maximum atomic E-state index is 5.03. The number of methoxy groups -OCH3 is 1. The van der Waals surface area contributed by atoms with Crippen LogP contribution >= 0.6 is 27.7 Å². The van der Waals surface area contributed by atoms with Gasteiger partial charge in [-0.25, -0.2) is 0 Å². The lowest BCUT2D eigenvalue weighted by molar-refractivity contribution is 0.374. The number of ether oxygens (including phenoxy) is 1. The zero-order valence-electron chi connectivity index (χ0n) is 9.85. The standard InChI is InChI=1S/C11H11BrN4OS/c1-13-9-14-10(17-2)16-11(15-9)18-8-5-3-7(12)4-6-8/h3-6H,1-2H3,(H,13,14,15,16). The van der Waals surface area contributed by atoms with E-state index < -0.39 is 0 Å². The van der Waals surface area contributed by atoms with Crippen molar-refractivity contribution in [2.45, 2.75) is 10.1 Å². The van der Waals surface area contributed by atoms with Gasteiger partial charge in [0.2, 0.25) is 11.1 Å². The quantitative estimate of drug-likeness (QED) is 0.932. The van der Waals surface area contributed by atoms with Crippen LogP contribution in [0.1, 0.15) is 0 Å². The lowest BCUT2D eigenvalue weighted by Gasteiger charge is -2.05. The van der Waals surface area contributed by atoms with Crippen molar-refractivity contribution in [1.29, 1.82) is 0 Å². The molecule has 0 unspecified atom stereocenters. The number of benzene rings is 1. The minimum absolute atomic E-state index is 0.300. The van der Waals surface area contributed by atoms with Gasteiger partial charge in [0.25, 0.3) is 0 Å². The first-order chi connectivity index (χ1) is 8.71. The van der Waals surface area contributed by atoms with Crippen LogP contribution in [0.25, 0.3) is 0 Å². The molecule has 7 heteroatoms. The number of anilines is 1. The van der Waals surface area contributed by atoms with Crippen LogP contribution in [0.3, 0.4) is 0 Å². The van der Waals surface area contributed by atoms with E-state index in [9.17, 15) is 0 Å². The molecule has 0 aliphatic rings. The Morgan fingerprint density at radius 2 is 1.89 bits per heavy atom. The maximum Gasteiger partial charge on any atom is 0.321 e. The van der Waals surface area contributed by atoms with Crippen molar-refractivity contribution in [3.8, 4) is 6.01 Å².